The molecular weight excluding hydrogens is 236 g/mol. The third-order valence-corrected chi connectivity index (χ3v) is 3.74. The third-order valence-electron chi connectivity index (χ3n) is 3.74. The van der Waals surface area contributed by atoms with Crippen LogP contribution >= 0.6 is 0 Å². The van der Waals surface area contributed by atoms with E-state index >= 15 is 0 Å². The molecule has 0 unspecified atom stereocenters. The Morgan fingerprint density at radius 3 is 2.58 bits per heavy atom. The van der Waals surface area contributed by atoms with Crippen LogP contribution in [0.1, 0.15) is 25.1 Å². The average molecular weight is 248 g/mol. The van der Waals surface area contributed by atoms with Crippen molar-refractivity contribution in [1.82, 2.24) is 19.9 Å². The molecule has 0 aliphatic heterocycles. The number of rotatable bonds is 0. The van der Waals surface area contributed by atoms with E-state index in [4.69, 9.17) is 4.98 Å². The first-order valence-corrected chi connectivity index (χ1v) is 6.27. The predicted octanol–water partition coefficient (Wildman–Crippen LogP) is 2.73. The highest BCUT2D eigenvalue weighted by Crippen LogP contribution is 2.45. The van der Waals surface area contributed by atoms with Crippen LogP contribution in [-0.2, 0) is 5.41 Å². The molecule has 0 N–H and O–H groups in total. The summed E-state index contributed by atoms with van der Waals surface area (Å²) in [6.07, 6.45) is 3.54. The SMILES string of the molecule is CC1(C)c2cccnc2-c2nc3ncccc3nc21. The van der Waals surface area contributed by atoms with Gasteiger partial charge in [0.15, 0.2) is 5.65 Å². The van der Waals surface area contributed by atoms with E-state index in [0.717, 1.165) is 22.6 Å². The van der Waals surface area contributed by atoms with Crippen molar-refractivity contribution in [3.8, 4) is 11.4 Å². The van der Waals surface area contributed by atoms with E-state index < -0.39 is 0 Å². The molecule has 0 bridgehead atoms. The van der Waals surface area contributed by atoms with E-state index in [2.05, 4.69) is 34.9 Å². The Bertz CT molecular complexity index is 808. The van der Waals surface area contributed by atoms with Gasteiger partial charge < -0.3 is 0 Å². The lowest BCUT2D eigenvalue weighted by Crippen LogP contribution is -2.17. The third kappa shape index (κ3) is 1.28. The van der Waals surface area contributed by atoms with Crippen LogP contribution in [0.3, 0.4) is 0 Å². The van der Waals surface area contributed by atoms with Gasteiger partial charge in [-0.05, 0) is 37.6 Å². The quantitative estimate of drug-likeness (QED) is 0.613. The van der Waals surface area contributed by atoms with Crippen LogP contribution in [0.2, 0.25) is 0 Å². The highest BCUT2D eigenvalue weighted by molar-refractivity contribution is 5.80. The van der Waals surface area contributed by atoms with Crippen LogP contribution < -0.4 is 0 Å². The Hall–Kier alpha value is -2.36. The molecule has 3 aromatic heterocycles. The molecule has 0 saturated heterocycles. The molecule has 1 aliphatic rings. The second-order valence-corrected chi connectivity index (χ2v) is 5.29. The highest BCUT2D eigenvalue weighted by atomic mass is 15.0. The van der Waals surface area contributed by atoms with Gasteiger partial charge in [0.2, 0.25) is 0 Å². The van der Waals surface area contributed by atoms with Crippen LogP contribution in [-0.4, -0.2) is 19.9 Å². The van der Waals surface area contributed by atoms with Crippen molar-refractivity contribution in [2.45, 2.75) is 19.3 Å². The lowest BCUT2D eigenvalue weighted by Gasteiger charge is -2.19. The first-order valence-electron chi connectivity index (χ1n) is 6.27. The Balaban J connectivity index is 2.15. The van der Waals surface area contributed by atoms with Crippen molar-refractivity contribution in [2.24, 2.45) is 0 Å². The molecule has 1 aliphatic carbocycles. The number of aromatic nitrogens is 4. The van der Waals surface area contributed by atoms with Crippen molar-refractivity contribution in [2.75, 3.05) is 0 Å². The number of nitrogens with zero attached hydrogens (tertiary/aromatic N) is 4. The minimum atomic E-state index is -0.157. The summed E-state index contributed by atoms with van der Waals surface area (Å²) in [4.78, 5) is 18.2. The average Bonchev–Trinajstić information content (AvgIpc) is 2.66. The van der Waals surface area contributed by atoms with Crippen LogP contribution in [0, 0.1) is 0 Å². The maximum atomic E-state index is 4.76. The van der Waals surface area contributed by atoms with E-state index in [0.29, 0.717) is 5.65 Å². The molecule has 0 radical (unpaired) electrons. The molecule has 19 heavy (non-hydrogen) atoms. The largest absolute Gasteiger partial charge is 0.254 e. The zero-order chi connectivity index (χ0) is 13.0. The van der Waals surface area contributed by atoms with E-state index in [-0.39, 0.29) is 5.41 Å². The highest BCUT2D eigenvalue weighted by Gasteiger charge is 2.39. The second kappa shape index (κ2) is 3.35. The second-order valence-electron chi connectivity index (χ2n) is 5.29. The van der Waals surface area contributed by atoms with E-state index in [1.807, 2.05) is 18.2 Å². The molecule has 0 fully saturated rings. The van der Waals surface area contributed by atoms with Gasteiger partial charge >= 0.3 is 0 Å². The zero-order valence-electron chi connectivity index (χ0n) is 10.8. The van der Waals surface area contributed by atoms with Crippen LogP contribution in [0.4, 0.5) is 0 Å². The summed E-state index contributed by atoms with van der Waals surface area (Å²) >= 11 is 0. The lowest BCUT2D eigenvalue weighted by atomic mass is 9.86. The molecular formula is C15H12N4. The minimum Gasteiger partial charge on any atom is -0.254 e. The fourth-order valence-corrected chi connectivity index (χ4v) is 2.72. The van der Waals surface area contributed by atoms with Gasteiger partial charge in [0.25, 0.3) is 0 Å². The first kappa shape index (κ1) is 10.6. The minimum absolute atomic E-state index is 0.157. The lowest BCUT2D eigenvalue weighted by molar-refractivity contribution is 0.637. The zero-order valence-corrected chi connectivity index (χ0v) is 10.8. The number of pyridine rings is 2. The molecule has 4 rings (SSSR count). The van der Waals surface area contributed by atoms with Gasteiger partial charge in [0.05, 0.1) is 11.4 Å². The van der Waals surface area contributed by atoms with Gasteiger partial charge in [0, 0.05) is 17.8 Å². The van der Waals surface area contributed by atoms with Crippen molar-refractivity contribution in [1.29, 1.82) is 0 Å². The van der Waals surface area contributed by atoms with Gasteiger partial charge in [0.1, 0.15) is 11.2 Å². The van der Waals surface area contributed by atoms with Crippen LogP contribution in [0.25, 0.3) is 22.6 Å². The fraction of sp³-hybridized carbons (Fsp3) is 0.200. The molecule has 0 aromatic carbocycles. The van der Waals surface area contributed by atoms with E-state index in [1.54, 1.807) is 12.4 Å². The Morgan fingerprint density at radius 1 is 0.895 bits per heavy atom. The fourth-order valence-electron chi connectivity index (χ4n) is 2.72. The first-order chi connectivity index (χ1) is 9.18. The van der Waals surface area contributed by atoms with Crippen molar-refractivity contribution >= 4 is 11.2 Å². The summed E-state index contributed by atoms with van der Waals surface area (Å²) in [5.74, 6) is 0. The Morgan fingerprint density at radius 2 is 1.68 bits per heavy atom. The molecule has 3 aromatic rings. The molecule has 0 saturated carbocycles. The number of fused-ring (bicyclic) bond motifs is 4. The van der Waals surface area contributed by atoms with Crippen molar-refractivity contribution in [3.05, 3.63) is 47.9 Å². The van der Waals surface area contributed by atoms with Crippen LogP contribution in [0.15, 0.2) is 36.7 Å². The summed E-state index contributed by atoms with van der Waals surface area (Å²) in [5.41, 5.74) is 5.32. The molecule has 0 spiro atoms. The van der Waals surface area contributed by atoms with Crippen molar-refractivity contribution < 1.29 is 0 Å². The summed E-state index contributed by atoms with van der Waals surface area (Å²) in [6, 6.07) is 7.90. The summed E-state index contributed by atoms with van der Waals surface area (Å²) in [5, 5.41) is 0. The molecule has 3 heterocycles. The Labute approximate surface area is 110 Å². The van der Waals surface area contributed by atoms with E-state index in [1.165, 1.54) is 5.56 Å². The standard InChI is InChI=1S/C15H12N4/c1-15(2)9-5-3-7-16-11(9)12-13(15)18-10-6-4-8-17-14(10)19-12/h3-8H,1-2H3. The summed E-state index contributed by atoms with van der Waals surface area (Å²) in [7, 11) is 0. The smallest absolute Gasteiger partial charge is 0.178 e. The van der Waals surface area contributed by atoms with Gasteiger partial charge in [-0.25, -0.2) is 15.0 Å². The van der Waals surface area contributed by atoms with Gasteiger partial charge in [-0.3, -0.25) is 4.98 Å². The summed E-state index contributed by atoms with van der Waals surface area (Å²) in [6.45, 7) is 4.33. The monoisotopic (exact) mass is 248 g/mol. The predicted molar refractivity (Wildman–Crippen MR) is 72.7 cm³/mol. The summed E-state index contributed by atoms with van der Waals surface area (Å²) < 4.78 is 0. The molecule has 4 heteroatoms. The topological polar surface area (TPSA) is 51.6 Å². The normalized spacial score (nSPS) is 15.3. The number of hydrogen-bond donors (Lipinski definition) is 0. The molecule has 4 nitrogen and oxygen atoms in total. The molecule has 0 amide bonds. The molecule has 0 atom stereocenters. The van der Waals surface area contributed by atoms with Crippen molar-refractivity contribution in [3.63, 3.8) is 0 Å². The van der Waals surface area contributed by atoms with Crippen LogP contribution in [0.5, 0.6) is 0 Å². The van der Waals surface area contributed by atoms with Gasteiger partial charge in [-0.2, -0.15) is 0 Å². The van der Waals surface area contributed by atoms with Gasteiger partial charge in [-0.15, -0.1) is 0 Å². The maximum absolute atomic E-state index is 4.76. The van der Waals surface area contributed by atoms with E-state index in [9.17, 15) is 0 Å². The number of hydrogen-bond acceptors (Lipinski definition) is 4. The Kier molecular flexibility index (Phi) is 1.86. The van der Waals surface area contributed by atoms with Gasteiger partial charge in [-0.1, -0.05) is 6.07 Å². The molecule has 92 valence electrons. The maximum Gasteiger partial charge on any atom is 0.178 e.